The van der Waals surface area contributed by atoms with Crippen LogP contribution in [0.25, 0.3) is 0 Å². The monoisotopic (exact) mass is 432 g/mol. The van der Waals surface area contributed by atoms with Crippen LogP contribution >= 0.6 is 15.9 Å². The minimum atomic E-state index is -0.616. The van der Waals surface area contributed by atoms with Crippen molar-refractivity contribution in [3.8, 4) is 0 Å². The number of imide groups is 1. The highest BCUT2D eigenvalue weighted by Crippen LogP contribution is 2.19. The lowest BCUT2D eigenvalue weighted by Crippen LogP contribution is -2.42. The molecule has 0 spiro atoms. The number of carbonyl (C=O) groups excluding carboxylic acids is 3. The lowest BCUT2D eigenvalue weighted by atomic mass is 10.2. The molecule has 2 aromatic rings. The molecule has 8 heteroatoms. The molecule has 2 rings (SSSR count). The number of rotatable bonds is 6. The van der Waals surface area contributed by atoms with E-state index in [9.17, 15) is 14.4 Å². The average molecular weight is 433 g/mol. The van der Waals surface area contributed by atoms with Crippen molar-refractivity contribution in [1.82, 2.24) is 10.2 Å². The Morgan fingerprint density at radius 3 is 2.30 bits per heavy atom. The fourth-order valence-electron chi connectivity index (χ4n) is 2.35. The predicted octanol–water partition coefficient (Wildman–Crippen LogP) is 2.98. The Morgan fingerprint density at radius 1 is 0.963 bits per heavy atom. The zero-order valence-corrected chi connectivity index (χ0v) is 16.7. The number of anilines is 2. The van der Waals surface area contributed by atoms with Crippen LogP contribution in [0, 0.1) is 6.92 Å². The second kappa shape index (κ2) is 9.84. The quantitative estimate of drug-likeness (QED) is 0.654. The maximum absolute atomic E-state index is 12.1. The largest absolute Gasteiger partial charge is 0.325 e. The van der Waals surface area contributed by atoms with Crippen molar-refractivity contribution in [2.45, 2.75) is 6.92 Å². The maximum atomic E-state index is 12.1. The van der Waals surface area contributed by atoms with Crippen LogP contribution in [0.4, 0.5) is 16.2 Å². The molecule has 0 unspecified atom stereocenters. The smallest absolute Gasteiger partial charge is 0.325 e. The zero-order chi connectivity index (χ0) is 19.8. The molecule has 2 aromatic carbocycles. The van der Waals surface area contributed by atoms with Gasteiger partial charge in [0.15, 0.2) is 0 Å². The number of urea groups is 1. The van der Waals surface area contributed by atoms with Crippen LogP contribution in [-0.2, 0) is 9.59 Å². The number of carbonyl (C=O) groups is 3. The predicted molar refractivity (Wildman–Crippen MR) is 109 cm³/mol. The minimum Gasteiger partial charge on any atom is -0.325 e. The lowest BCUT2D eigenvalue weighted by Gasteiger charge is -2.16. The molecule has 4 amide bonds. The molecule has 0 radical (unpaired) electrons. The van der Waals surface area contributed by atoms with Gasteiger partial charge >= 0.3 is 6.03 Å². The SMILES string of the molecule is Cc1cc(Br)ccc1NC(=O)CN(C)CC(=O)NC(=O)Nc1ccccc1. The fraction of sp³-hybridized carbons (Fsp3) is 0.211. The van der Waals surface area contributed by atoms with E-state index >= 15 is 0 Å². The zero-order valence-electron chi connectivity index (χ0n) is 15.1. The lowest BCUT2D eigenvalue weighted by molar-refractivity contribution is -0.121. The molecule has 0 fully saturated rings. The van der Waals surface area contributed by atoms with Gasteiger partial charge in [-0.15, -0.1) is 0 Å². The van der Waals surface area contributed by atoms with Crippen molar-refractivity contribution in [2.24, 2.45) is 0 Å². The molecule has 27 heavy (non-hydrogen) atoms. The summed E-state index contributed by atoms with van der Waals surface area (Å²) in [5, 5.41) is 7.59. The van der Waals surface area contributed by atoms with Crippen LogP contribution in [0.5, 0.6) is 0 Å². The number of likely N-dealkylation sites (N-methyl/N-ethyl adjacent to an activating group) is 1. The van der Waals surface area contributed by atoms with E-state index in [0.717, 1.165) is 10.0 Å². The second-order valence-electron chi connectivity index (χ2n) is 6.05. The standard InChI is InChI=1S/C19H21BrN4O3/c1-13-10-14(20)8-9-16(13)22-17(25)11-24(2)12-18(26)23-19(27)21-15-6-4-3-5-7-15/h3-10H,11-12H2,1-2H3,(H,22,25)(H2,21,23,26,27). The van der Waals surface area contributed by atoms with Crippen molar-refractivity contribution >= 4 is 45.2 Å². The summed E-state index contributed by atoms with van der Waals surface area (Å²) in [4.78, 5) is 37.4. The number of halogens is 1. The van der Waals surface area contributed by atoms with Gasteiger partial charge in [-0.1, -0.05) is 34.1 Å². The maximum Gasteiger partial charge on any atom is 0.325 e. The Hall–Kier alpha value is -2.71. The summed E-state index contributed by atoms with van der Waals surface area (Å²) in [5.41, 5.74) is 2.22. The summed E-state index contributed by atoms with van der Waals surface area (Å²) in [5.74, 6) is -0.747. The Morgan fingerprint density at radius 2 is 1.63 bits per heavy atom. The highest BCUT2D eigenvalue weighted by Gasteiger charge is 2.14. The summed E-state index contributed by atoms with van der Waals surface area (Å²) in [6, 6.07) is 13.7. The van der Waals surface area contributed by atoms with E-state index in [1.165, 1.54) is 4.90 Å². The summed E-state index contributed by atoms with van der Waals surface area (Å²) in [7, 11) is 1.63. The van der Waals surface area contributed by atoms with Crippen molar-refractivity contribution in [3.05, 3.63) is 58.6 Å². The van der Waals surface area contributed by atoms with Crippen LogP contribution in [-0.4, -0.2) is 42.9 Å². The second-order valence-corrected chi connectivity index (χ2v) is 6.96. The Labute approximate surface area is 166 Å². The van der Waals surface area contributed by atoms with Crippen molar-refractivity contribution < 1.29 is 14.4 Å². The summed E-state index contributed by atoms with van der Waals surface area (Å²) < 4.78 is 0.931. The van der Waals surface area contributed by atoms with Gasteiger partial charge < -0.3 is 10.6 Å². The number of aryl methyl sites for hydroxylation is 1. The van der Waals surface area contributed by atoms with Gasteiger partial charge in [-0.2, -0.15) is 0 Å². The Kier molecular flexibility index (Phi) is 7.51. The Balaban J connectivity index is 1.76. The molecule has 0 atom stereocenters. The summed E-state index contributed by atoms with van der Waals surface area (Å²) in [6.45, 7) is 1.82. The summed E-state index contributed by atoms with van der Waals surface area (Å²) >= 11 is 3.37. The van der Waals surface area contributed by atoms with Crippen LogP contribution in [0.1, 0.15) is 5.56 Å². The Bertz CT molecular complexity index is 827. The van der Waals surface area contributed by atoms with E-state index in [1.807, 2.05) is 25.1 Å². The highest BCUT2D eigenvalue weighted by atomic mass is 79.9. The number of nitrogens with one attached hydrogen (secondary N) is 3. The van der Waals surface area contributed by atoms with Gasteiger partial charge in [-0.3, -0.25) is 19.8 Å². The van der Waals surface area contributed by atoms with E-state index in [1.54, 1.807) is 37.4 Å². The molecule has 0 saturated carbocycles. The number of hydrogen-bond donors (Lipinski definition) is 3. The summed E-state index contributed by atoms with van der Waals surface area (Å²) in [6.07, 6.45) is 0. The highest BCUT2D eigenvalue weighted by molar-refractivity contribution is 9.10. The number of amides is 4. The number of benzene rings is 2. The van der Waals surface area contributed by atoms with Crippen molar-refractivity contribution in [2.75, 3.05) is 30.8 Å². The first-order valence-corrected chi connectivity index (χ1v) is 9.03. The van der Waals surface area contributed by atoms with E-state index in [2.05, 4.69) is 31.9 Å². The van der Waals surface area contributed by atoms with Gasteiger partial charge in [0.2, 0.25) is 11.8 Å². The molecule has 0 aliphatic heterocycles. The molecular weight excluding hydrogens is 412 g/mol. The van der Waals surface area contributed by atoms with Gasteiger partial charge in [-0.25, -0.2) is 4.79 Å². The van der Waals surface area contributed by atoms with E-state index < -0.39 is 11.9 Å². The molecule has 7 nitrogen and oxygen atoms in total. The van der Waals surface area contributed by atoms with Crippen LogP contribution < -0.4 is 16.0 Å². The van der Waals surface area contributed by atoms with Crippen LogP contribution in [0.15, 0.2) is 53.0 Å². The third-order valence-electron chi connectivity index (χ3n) is 3.57. The molecule has 0 saturated heterocycles. The van der Waals surface area contributed by atoms with Gasteiger partial charge in [0.05, 0.1) is 13.1 Å². The number of hydrogen-bond acceptors (Lipinski definition) is 4. The average Bonchev–Trinajstić information content (AvgIpc) is 2.57. The van der Waals surface area contributed by atoms with E-state index in [4.69, 9.17) is 0 Å². The minimum absolute atomic E-state index is 0.0171. The van der Waals surface area contributed by atoms with Gasteiger partial charge in [0.1, 0.15) is 0 Å². The topological polar surface area (TPSA) is 90.5 Å². The van der Waals surface area contributed by atoms with Crippen LogP contribution in [0.2, 0.25) is 0 Å². The number of para-hydroxylation sites is 1. The van der Waals surface area contributed by atoms with E-state index in [0.29, 0.717) is 11.4 Å². The molecule has 3 N–H and O–H groups in total. The van der Waals surface area contributed by atoms with Gasteiger partial charge in [-0.05, 0) is 49.9 Å². The molecule has 0 aromatic heterocycles. The first-order valence-electron chi connectivity index (χ1n) is 8.24. The number of nitrogens with zero attached hydrogens (tertiary/aromatic N) is 1. The molecule has 0 aliphatic rings. The fourth-order valence-corrected chi connectivity index (χ4v) is 2.83. The first-order chi connectivity index (χ1) is 12.8. The van der Waals surface area contributed by atoms with E-state index in [-0.39, 0.29) is 19.0 Å². The molecule has 0 heterocycles. The first kappa shape index (κ1) is 20.6. The third kappa shape index (κ3) is 7.20. The normalized spacial score (nSPS) is 10.4. The van der Waals surface area contributed by atoms with Gasteiger partial charge in [0, 0.05) is 15.8 Å². The van der Waals surface area contributed by atoms with Crippen molar-refractivity contribution in [3.63, 3.8) is 0 Å². The third-order valence-corrected chi connectivity index (χ3v) is 4.07. The molecule has 142 valence electrons. The molecular formula is C19H21BrN4O3. The van der Waals surface area contributed by atoms with Gasteiger partial charge in [0.25, 0.3) is 0 Å². The molecule has 0 bridgehead atoms. The van der Waals surface area contributed by atoms with Crippen LogP contribution in [0.3, 0.4) is 0 Å². The molecule has 0 aliphatic carbocycles. The van der Waals surface area contributed by atoms with Crippen molar-refractivity contribution in [1.29, 1.82) is 0 Å².